The summed E-state index contributed by atoms with van der Waals surface area (Å²) < 4.78 is 44.5. The van der Waals surface area contributed by atoms with Gasteiger partial charge in [0.05, 0.1) is 23.8 Å². The fourth-order valence-corrected chi connectivity index (χ4v) is 4.02. The zero-order valence-corrected chi connectivity index (χ0v) is 16.6. The summed E-state index contributed by atoms with van der Waals surface area (Å²) >= 11 is 0. The van der Waals surface area contributed by atoms with Crippen LogP contribution in [0.3, 0.4) is 0 Å². The molecular formula is C20H28F3N3O2. The van der Waals surface area contributed by atoms with E-state index in [1.165, 1.54) is 12.1 Å². The lowest BCUT2D eigenvalue weighted by Gasteiger charge is -2.42. The van der Waals surface area contributed by atoms with Gasteiger partial charge in [0.2, 0.25) is 5.91 Å². The molecule has 5 nitrogen and oxygen atoms in total. The van der Waals surface area contributed by atoms with Crippen LogP contribution in [0.5, 0.6) is 0 Å². The Hall–Kier alpha value is -1.80. The summed E-state index contributed by atoms with van der Waals surface area (Å²) in [4.78, 5) is 18.8. The minimum Gasteiger partial charge on any atom is -0.372 e. The minimum absolute atomic E-state index is 0.0256. The van der Waals surface area contributed by atoms with Crippen LogP contribution >= 0.6 is 0 Å². The van der Waals surface area contributed by atoms with Crippen molar-refractivity contribution in [3.8, 4) is 0 Å². The quantitative estimate of drug-likeness (QED) is 0.783. The van der Waals surface area contributed by atoms with Crippen LogP contribution in [0.4, 0.5) is 18.9 Å². The molecule has 3 rings (SSSR count). The summed E-state index contributed by atoms with van der Waals surface area (Å²) in [5, 5.41) is 0. The Kier molecular flexibility index (Phi) is 6.19. The van der Waals surface area contributed by atoms with Crippen LogP contribution in [0.25, 0.3) is 0 Å². The summed E-state index contributed by atoms with van der Waals surface area (Å²) in [5.74, 6) is 0.0921. The van der Waals surface area contributed by atoms with Gasteiger partial charge in [-0.1, -0.05) is 6.07 Å². The van der Waals surface area contributed by atoms with E-state index in [9.17, 15) is 18.0 Å². The molecule has 0 aliphatic carbocycles. The summed E-state index contributed by atoms with van der Waals surface area (Å²) in [6.45, 7) is 9.49. The lowest BCUT2D eigenvalue weighted by Crippen LogP contribution is -2.57. The summed E-state index contributed by atoms with van der Waals surface area (Å²) in [7, 11) is 0. The first kappa shape index (κ1) is 20.9. The van der Waals surface area contributed by atoms with Gasteiger partial charge in [-0.2, -0.15) is 13.2 Å². The number of hydrogen-bond donors (Lipinski definition) is 0. The molecule has 0 bridgehead atoms. The SMILES string of the molecule is CC1CN(C(=O)C(C)N2CCN(c3cccc(C(F)(F)F)c3)CC2)CC(C)O1. The average molecular weight is 399 g/mol. The van der Waals surface area contributed by atoms with Gasteiger partial charge in [0.25, 0.3) is 0 Å². The van der Waals surface area contributed by atoms with Gasteiger partial charge >= 0.3 is 6.18 Å². The van der Waals surface area contributed by atoms with Gasteiger partial charge in [-0.3, -0.25) is 9.69 Å². The number of piperazine rings is 1. The van der Waals surface area contributed by atoms with Gasteiger partial charge in [0.1, 0.15) is 0 Å². The average Bonchev–Trinajstić information content (AvgIpc) is 2.65. The van der Waals surface area contributed by atoms with E-state index in [4.69, 9.17) is 4.74 Å². The smallest absolute Gasteiger partial charge is 0.372 e. The molecule has 0 spiro atoms. The molecule has 0 N–H and O–H groups in total. The predicted molar refractivity (Wildman–Crippen MR) is 101 cm³/mol. The van der Waals surface area contributed by atoms with Gasteiger partial charge in [-0.15, -0.1) is 0 Å². The Morgan fingerprint density at radius 1 is 1.11 bits per heavy atom. The second kappa shape index (κ2) is 8.29. The molecule has 2 aliphatic heterocycles. The Balaban J connectivity index is 1.58. The molecule has 3 unspecified atom stereocenters. The fraction of sp³-hybridized carbons (Fsp3) is 0.650. The summed E-state index contributed by atoms with van der Waals surface area (Å²) in [5.41, 5.74) is -0.0594. The molecule has 2 aliphatic rings. The second-order valence-corrected chi connectivity index (χ2v) is 7.75. The number of alkyl halides is 3. The maximum atomic E-state index is 12.9. The Morgan fingerprint density at radius 3 is 2.29 bits per heavy atom. The van der Waals surface area contributed by atoms with Crippen LogP contribution < -0.4 is 4.90 Å². The molecule has 156 valence electrons. The van der Waals surface area contributed by atoms with Crippen molar-refractivity contribution >= 4 is 11.6 Å². The van der Waals surface area contributed by atoms with E-state index in [-0.39, 0.29) is 24.2 Å². The first-order valence-corrected chi connectivity index (χ1v) is 9.75. The van der Waals surface area contributed by atoms with E-state index in [1.807, 2.05) is 30.6 Å². The molecule has 1 amide bonds. The van der Waals surface area contributed by atoms with Crippen molar-refractivity contribution < 1.29 is 22.7 Å². The van der Waals surface area contributed by atoms with Crippen molar-refractivity contribution in [1.82, 2.24) is 9.80 Å². The molecule has 0 radical (unpaired) electrons. The van der Waals surface area contributed by atoms with Crippen LogP contribution in [0.2, 0.25) is 0 Å². The third kappa shape index (κ3) is 4.78. The normalized spacial score (nSPS) is 25.6. The van der Waals surface area contributed by atoms with Gasteiger partial charge in [0.15, 0.2) is 0 Å². The molecule has 2 saturated heterocycles. The molecule has 1 aromatic rings. The van der Waals surface area contributed by atoms with Gasteiger partial charge in [-0.25, -0.2) is 0 Å². The van der Waals surface area contributed by atoms with Crippen LogP contribution in [-0.2, 0) is 15.7 Å². The van der Waals surface area contributed by atoms with Crippen LogP contribution in [-0.4, -0.2) is 73.2 Å². The van der Waals surface area contributed by atoms with Crippen LogP contribution in [0.15, 0.2) is 24.3 Å². The molecule has 3 atom stereocenters. The van der Waals surface area contributed by atoms with Gasteiger partial charge < -0.3 is 14.5 Å². The number of benzene rings is 1. The summed E-state index contributed by atoms with van der Waals surface area (Å²) in [6.07, 6.45) is -4.29. The van der Waals surface area contributed by atoms with Crippen LogP contribution in [0, 0.1) is 0 Å². The number of rotatable bonds is 3. The number of carbonyl (C=O) groups excluding carboxylic acids is 1. The molecule has 2 heterocycles. The lowest BCUT2D eigenvalue weighted by molar-refractivity contribution is -0.148. The first-order chi connectivity index (χ1) is 13.1. The van der Waals surface area contributed by atoms with Crippen molar-refractivity contribution in [3.63, 3.8) is 0 Å². The highest BCUT2D eigenvalue weighted by atomic mass is 19.4. The maximum absolute atomic E-state index is 12.9. The fourth-order valence-electron chi connectivity index (χ4n) is 4.02. The van der Waals surface area contributed by atoms with E-state index in [0.717, 1.165) is 6.07 Å². The van der Waals surface area contributed by atoms with E-state index < -0.39 is 11.7 Å². The second-order valence-electron chi connectivity index (χ2n) is 7.75. The highest BCUT2D eigenvalue weighted by molar-refractivity contribution is 5.81. The number of hydrogen-bond acceptors (Lipinski definition) is 4. The standard InChI is InChI=1S/C20H28F3N3O2/c1-14-12-26(13-15(2)28-14)19(27)16(3)24-7-9-25(10-8-24)18-6-4-5-17(11-18)20(21,22)23/h4-6,11,14-16H,7-10,12-13H2,1-3H3. The molecule has 1 aromatic carbocycles. The third-order valence-corrected chi connectivity index (χ3v) is 5.49. The van der Waals surface area contributed by atoms with Crippen molar-refractivity contribution in [2.24, 2.45) is 0 Å². The third-order valence-electron chi connectivity index (χ3n) is 5.49. The molecule has 0 aromatic heterocycles. The van der Waals surface area contributed by atoms with Crippen molar-refractivity contribution in [2.45, 2.75) is 45.2 Å². The predicted octanol–water partition coefficient (Wildman–Crippen LogP) is 2.85. The van der Waals surface area contributed by atoms with Gasteiger partial charge in [-0.05, 0) is 39.0 Å². The molecule has 28 heavy (non-hydrogen) atoms. The first-order valence-electron chi connectivity index (χ1n) is 9.75. The Labute approximate surface area is 164 Å². The van der Waals surface area contributed by atoms with Gasteiger partial charge in [0, 0.05) is 45.0 Å². The number of ether oxygens (including phenoxy) is 1. The zero-order chi connectivity index (χ0) is 20.5. The van der Waals surface area contributed by atoms with Crippen molar-refractivity contribution in [1.29, 1.82) is 0 Å². The number of nitrogens with zero attached hydrogens (tertiary/aromatic N) is 3. The lowest BCUT2D eigenvalue weighted by atomic mass is 10.1. The molecule has 8 heteroatoms. The molecule has 2 fully saturated rings. The van der Waals surface area contributed by atoms with E-state index in [0.29, 0.717) is 45.0 Å². The van der Waals surface area contributed by atoms with E-state index in [2.05, 4.69) is 4.90 Å². The van der Waals surface area contributed by atoms with Crippen molar-refractivity contribution in [3.05, 3.63) is 29.8 Å². The Morgan fingerprint density at radius 2 is 1.71 bits per heavy atom. The maximum Gasteiger partial charge on any atom is 0.416 e. The van der Waals surface area contributed by atoms with E-state index in [1.54, 1.807) is 6.07 Å². The summed E-state index contributed by atoms with van der Waals surface area (Å²) in [6, 6.07) is 5.18. The zero-order valence-electron chi connectivity index (χ0n) is 16.6. The molecular weight excluding hydrogens is 371 g/mol. The minimum atomic E-state index is -4.34. The topological polar surface area (TPSA) is 36.0 Å². The highest BCUT2D eigenvalue weighted by Gasteiger charge is 2.34. The largest absolute Gasteiger partial charge is 0.416 e. The van der Waals surface area contributed by atoms with Crippen molar-refractivity contribution in [2.75, 3.05) is 44.2 Å². The van der Waals surface area contributed by atoms with E-state index >= 15 is 0 Å². The monoisotopic (exact) mass is 399 g/mol. The number of amides is 1. The highest BCUT2D eigenvalue weighted by Crippen LogP contribution is 2.32. The number of anilines is 1. The van der Waals surface area contributed by atoms with Crippen LogP contribution in [0.1, 0.15) is 26.3 Å². The number of morpholine rings is 1. The molecule has 0 saturated carbocycles. The Bertz CT molecular complexity index is 680. The number of halogens is 3. The number of carbonyl (C=O) groups is 1.